The molecule has 0 spiro atoms. The Labute approximate surface area is 99.9 Å². The zero-order chi connectivity index (χ0) is 12.4. The van der Waals surface area contributed by atoms with E-state index >= 15 is 0 Å². The normalized spacial score (nSPS) is 10.9. The SMILES string of the molecule is CCc1c2c(CCC(=O)O)cccc2nn1C. The number of carboxylic acids is 1. The fourth-order valence-corrected chi connectivity index (χ4v) is 2.24. The van der Waals surface area contributed by atoms with E-state index in [1.54, 1.807) is 0 Å². The molecule has 2 aromatic rings. The Morgan fingerprint density at radius 3 is 2.88 bits per heavy atom. The van der Waals surface area contributed by atoms with Crippen molar-refractivity contribution in [2.45, 2.75) is 26.2 Å². The molecule has 0 atom stereocenters. The number of hydrogen-bond acceptors (Lipinski definition) is 2. The Morgan fingerprint density at radius 1 is 1.47 bits per heavy atom. The second-order valence-corrected chi connectivity index (χ2v) is 4.13. The number of aliphatic carboxylic acids is 1. The molecule has 0 unspecified atom stereocenters. The maximum absolute atomic E-state index is 10.6. The van der Waals surface area contributed by atoms with Gasteiger partial charge in [-0.3, -0.25) is 9.48 Å². The number of fused-ring (bicyclic) bond motifs is 1. The van der Waals surface area contributed by atoms with Crippen molar-refractivity contribution in [1.82, 2.24) is 9.78 Å². The van der Waals surface area contributed by atoms with Crippen LogP contribution in [0.2, 0.25) is 0 Å². The highest BCUT2D eigenvalue weighted by atomic mass is 16.4. The largest absolute Gasteiger partial charge is 0.481 e. The first kappa shape index (κ1) is 11.6. The Kier molecular flexibility index (Phi) is 3.13. The average molecular weight is 232 g/mol. The molecule has 1 aromatic heterocycles. The van der Waals surface area contributed by atoms with Gasteiger partial charge in [0.25, 0.3) is 0 Å². The molecule has 0 aliphatic rings. The molecule has 0 radical (unpaired) electrons. The van der Waals surface area contributed by atoms with Gasteiger partial charge >= 0.3 is 5.97 Å². The molecule has 0 aliphatic heterocycles. The van der Waals surface area contributed by atoms with E-state index in [1.807, 2.05) is 29.9 Å². The zero-order valence-electron chi connectivity index (χ0n) is 10.1. The monoisotopic (exact) mass is 232 g/mol. The van der Waals surface area contributed by atoms with Crippen molar-refractivity contribution < 1.29 is 9.90 Å². The van der Waals surface area contributed by atoms with E-state index < -0.39 is 5.97 Å². The van der Waals surface area contributed by atoms with Crippen LogP contribution < -0.4 is 0 Å². The lowest BCUT2D eigenvalue weighted by molar-refractivity contribution is -0.136. The summed E-state index contributed by atoms with van der Waals surface area (Å²) < 4.78 is 1.88. The van der Waals surface area contributed by atoms with Crippen molar-refractivity contribution >= 4 is 16.9 Å². The van der Waals surface area contributed by atoms with Crippen LogP contribution in [-0.2, 0) is 24.7 Å². The summed E-state index contributed by atoms with van der Waals surface area (Å²) in [6.45, 7) is 2.09. The molecule has 2 rings (SSSR count). The summed E-state index contributed by atoms with van der Waals surface area (Å²) in [5.74, 6) is -0.760. The first-order chi connectivity index (χ1) is 8.13. The fraction of sp³-hybridized carbons (Fsp3) is 0.385. The minimum absolute atomic E-state index is 0.164. The molecule has 0 bridgehead atoms. The molecule has 4 nitrogen and oxygen atoms in total. The number of carbonyl (C=O) groups is 1. The molecule has 17 heavy (non-hydrogen) atoms. The summed E-state index contributed by atoms with van der Waals surface area (Å²) in [6.07, 6.45) is 1.62. The maximum atomic E-state index is 10.6. The third-order valence-electron chi connectivity index (χ3n) is 3.01. The number of aryl methyl sites for hydroxylation is 3. The third kappa shape index (κ3) is 2.16. The highest BCUT2D eigenvalue weighted by molar-refractivity contribution is 5.85. The van der Waals surface area contributed by atoms with Crippen molar-refractivity contribution in [2.24, 2.45) is 7.05 Å². The van der Waals surface area contributed by atoms with Gasteiger partial charge in [0, 0.05) is 24.5 Å². The van der Waals surface area contributed by atoms with Gasteiger partial charge < -0.3 is 5.11 Å². The van der Waals surface area contributed by atoms with Crippen LogP contribution in [0, 0.1) is 0 Å². The Bertz CT molecular complexity index is 558. The number of nitrogens with zero attached hydrogens (tertiary/aromatic N) is 2. The molecule has 0 fully saturated rings. The summed E-state index contributed by atoms with van der Waals surface area (Å²) in [4.78, 5) is 10.6. The first-order valence-corrected chi connectivity index (χ1v) is 5.78. The van der Waals surface area contributed by atoms with Gasteiger partial charge in [0.15, 0.2) is 0 Å². The minimum atomic E-state index is -0.760. The smallest absolute Gasteiger partial charge is 0.303 e. The van der Waals surface area contributed by atoms with Gasteiger partial charge in [0.1, 0.15) is 0 Å². The number of benzene rings is 1. The first-order valence-electron chi connectivity index (χ1n) is 5.78. The number of hydrogen-bond donors (Lipinski definition) is 1. The van der Waals surface area contributed by atoms with Gasteiger partial charge in [0.05, 0.1) is 5.52 Å². The van der Waals surface area contributed by atoms with Gasteiger partial charge in [-0.2, -0.15) is 5.10 Å². The van der Waals surface area contributed by atoms with Crippen LogP contribution >= 0.6 is 0 Å². The van der Waals surface area contributed by atoms with E-state index in [9.17, 15) is 4.79 Å². The van der Waals surface area contributed by atoms with Crippen LogP contribution in [0.25, 0.3) is 10.9 Å². The minimum Gasteiger partial charge on any atom is -0.481 e. The zero-order valence-corrected chi connectivity index (χ0v) is 10.1. The number of rotatable bonds is 4. The van der Waals surface area contributed by atoms with Crippen molar-refractivity contribution in [3.05, 3.63) is 29.5 Å². The third-order valence-corrected chi connectivity index (χ3v) is 3.01. The van der Waals surface area contributed by atoms with Crippen molar-refractivity contribution in [2.75, 3.05) is 0 Å². The predicted molar refractivity (Wildman–Crippen MR) is 66.0 cm³/mol. The Morgan fingerprint density at radius 2 is 2.24 bits per heavy atom. The lowest BCUT2D eigenvalue weighted by atomic mass is 10.0. The number of carboxylic acid groups (broad SMARTS) is 1. The molecule has 0 aliphatic carbocycles. The topological polar surface area (TPSA) is 55.1 Å². The van der Waals surface area contributed by atoms with E-state index in [4.69, 9.17) is 5.11 Å². The molecule has 0 saturated heterocycles. The Hall–Kier alpha value is -1.84. The van der Waals surface area contributed by atoms with E-state index in [0.29, 0.717) is 6.42 Å². The molecule has 0 saturated carbocycles. The van der Waals surface area contributed by atoms with Gasteiger partial charge in [-0.25, -0.2) is 0 Å². The van der Waals surface area contributed by atoms with Gasteiger partial charge in [0.2, 0.25) is 0 Å². The van der Waals surface area contributed by atoms with Crippen LogP contribution in [-0.4, -0.2) is 20.9 Å². The molecule has 1 heterocycles. The molecular formula is C13H16N2O2. The van der Waals surface area contributed by atoms with Crippen LogP contribution in [0.4, 0.5) is 0 Å². The van der Waals surface area contributed by atoms with Gasteiger partial charge in [-0.15, -0.1) is 0 Å². The molecule has 1 aromatic carbocycles. The highest BCUT2D eigenvalue weighted by Gasteiger charge is 2.11. The Balaban J connectivity index is 2.50. The average Bonchev–Trinajstić information content (AvgIpc) is 2.62. The lowest BCUT2D eigenvalue weighted by Crippen LogP contribution is -1.99. The molecule has 90 valence electrons. The molecular weight excluding hydrogens is 216 g/mol. The predicted octanol–water partition coefficient (Wildman–Crippen LogP) is 2.15. The fourth-order valence-electron chi connectivity index (χ4n) is 2.24. The quantitative estimate of drug-likeness (QED) is 0.878. The molecule has 0 amide bonds. The lowest BCUT2D eigenvalue weighted by Gasteiger charge is -2.03. The molecule has 4 heteroatoms. The van der Waals surface area contributed by atoms with E-state index in [1.165, 1.54) is 5.69 Å². The summed E-state index contributed by atoms with van der Waals surface area (Å²) >= 11 is 0. The summed E-state index contributed by atoms with van der Waals surface area (Å²) in [5.41, 5.74) is 3.20. The van der Waals surface area contributed by atoms with Crippen molar-refractivity contribution in [3.8, 4) is 0 Å². The van der Waals surface area contributed by atoms with E-state index in [-0.39, 0.29) is 6.42 Å². The summed E-state index contributed by atoms with van der Waals surface area (Å²) in [5, 5.41) is 14.3. The van der Waals surface area contributed by atoms with Crippen molar-refractivity contribution in [3.63, 3.8) is 0 Å². The summed E-state index contributed by atoms with van der Waals surface area (Å²) in [7, 11) is 1.93. The van der Waals surface area contributed by atoms with Crippen LogP contribution in [0.15, 0.2) is 18.2 Å². The van der Waals surface area contributed by atoms with E-state index in [2.05, 4.69) is 12.0 Å². The maximum Gasteiger partial charge on any atom is 0.303 e. The standard InChI is InChI=1S/C13H16N2O2/c1-3-11-13-9(7-8-12(16)17)5-4-6-10(13)14-15(11)2/h4-6H,3,7-8H2,1-2H3,(H,16,17). The molecule has 1 N–H and O–H groups in total. The van der Waals surface area contributed by atoms with Gasteiger partial charge in [-0.05, 0) is 24.5 Å². The highest BCUT2D eigenvalue weighted by Crippen LogP contribution is 2.23. The van der Waals surface area contributed by atoms with E-state index in [0.717, 1.165) is 22.9 Å². The van der Waals surface area contributed by atoms with Crippen LogP contribution in [0.3, 0.4) is 0 Å². The second-order valence-electron chi connectivity index (χ2n) is 4.13. The van der Waals surface area contributed by atoms with Crippen LogP contribution in [0.1, 0.15) is 24.6 Å². The van der Waals surface area contributed by atoms with Gasteiger partial charge in [-0.1, -0.05) is 19.1 Å². The van der Waals surface area contributed by atoms with Crippen molar-refractivity contribution in [1.29, 1.82) is 0 Å². The van der Waals surface area contributed by atoms with Crippen LogP contribution in [0.5, 0.6) is 0 Å². The second kappa shape index (κ2) is 4.57. The number of aromatic nitrogens is 2. The summed E-state index contributed by atoms with van der Waals surface area (Å²) in [6, 6.07) is 5.90.